The van der Waals surface area contributed by atoms with Gasteiger partial charge >= 0.3 is 0 Å². The SMILES string of the molecule is COc1ccc(C(C)C)cc1S(=O)(=O)N(C)CC(=O)NCCN1CCOCC1. The van der Waals surface area contributed by atoms with Crippen LogP contribution in [0.3, 0.4) is 0 Å². The predicted molar refractivity (Wildman–Crippen MR) is 107 cm³/mol. The van der Waals surface area contributed by atoms with E-state index in [9.17, 15) is 13.2 Å². The Hall–Kier alpha value is -1.68. The largest absolute Gasteiger partial charge is 0.495 e. The van der Waals surface area contributed by atoms with Gasteiger partial charge in [-0.3, -0.25) is 9.69 Å². The van der Waals surface area contributed by atoms with E-state index in [-0.39, 0.29) is 29.0 Å². The summed E-state index contributed by atoms with van der Waals surface area (Å²) in [6.45, 7) is 8.01. The van der Waals surface area contributed by atoms with Gasteiger partial charge in [0.25, 0.3) is 0 Å². The second kappa shape index (κ2) is 10.2. The predicted octanol–water partition coefficient (Wildman–Crippen LogP) is 0.888. The van der Waals surface area contributed by atoms with Gasteiger partial charge < -0.3 is 14.8 Å². The number of nitrogens with one attached hydrogen (secondary N) is 1. The summed E-state index contributed by atoms with van der Waals surface area (Å²) in [5.41, 5.74) is 0.891. The summed E-state index contributed by atoms with van der Waals surface area (Å²) >= 11 is 0. The smallest absolute Gasteiger partial charge is 0.246 e. The lowest BCUT2D eigenvalue weighted by molar-refractivity contribution is -0.121. The van der Waals surface area contributed by atoms with Crippen molar-refractivity contribution in [2.45, 2.75) is 24.7 Å². The number of hydrogen-bond acceptors (Lipinski definition) is 6. The summed E-state index contributed by atoms with van der Waals surface area (Å²) in [6.07, 6.45) is 0. The van der Waals surface area contributed by atoms with Crippen molar-refractivity contribution in [3.8, 4) is 5.75 Å². The zero-order valence-electron chi connectivity index (χ0n) is 17.1. The van der Waals surface area contributed by atoms with Crippen molar-refractivity contribution in [1.29, 1.82) is 0 Å². The molecule has 0 aliphatic carbocycles. The third-order valence-electron chi connectivity index (χ3n) is 4.76. The highest BCUT2D eigenvalue weighted by atomic mass is 32.2. The summed E-state index contributed by atoms with van der Waals surface area (Å²) in [4.78, 5) is 14.5. The summed E-state index contributed by atoms with van der Waals surface area (Å²) in [5, 5.41) is 2.78. The van der Waals surface area contributed by atoms with Gasteiger partial charge in [-0.2, -0.15) is 4.31 Å². The fraction of sp³-hybridized carbons (Fsp3) is 0.632. The molecule has 0 unspecified atom stereocenters. The molecule has 0 aromatic heterocycles. The van der Waals surface area contributed by atoms with Gasteiger partial charge in [-0.1, -0.05) is 19.9 Å². The second-order valence-electron chi connectivity index (χ2n) is 7.13. The summed E-state index contributed by atoms with van der Waals surface area (Å²) in [6, 6.07) is 5.12. The van der Waals surface area contributed by atoms with Crippen molar-refractivity contribution in [3.05, 3.63) is 23.8 Å². The molecule has 1 aromatic carbocycles. The van der Waals surface area contributed by atoms with E-state index in [1.54, 1.807) is 12.1 Å². The van der Waals surface area contributed by atoms with E-state index in [1.807, 2.05) is 19.9 Å². The van der Waals surface area contributed by atoms with Crippen LogP contribution >= 0.6 is 0 Å². The Bertz CT molecular complexity index is 761. The van der Waals surface area contributed by atoms with Gasteiger partial charge in [0, 0.05) is 33.2 Å². The maximum absolute atomic E-state index is 13.0. The lowest BCUT2D eigenvalue weighted by Crippen LogP contribution is -2.43. The van der Waals surface area contributed by atoms with Crippen LogP contribution in [0.15, 0.2) is 23.1 Å². The number of methoxy groups -OCH3 is 1. The van der Waals surface area contributed by atoms with Crippen LogP contribution in [0.25, 0.3) is 0 Å². The zero-order valence-corrected chi connectivity index (χ0v) is 17.9. The lowest BCUT2D eigenvalue weighted by atomic mass is 10.0. The molecular weight excluding hydrogens is 382 g/mol. The Labute approximate surface area is 167 Å². The number of nitrogens with zero attached hydrogens (tertiary/aromatic N) is 2. The monoisotopic (exact) mass is 413 g/mol. The van der Waals surface area contributed by atoms with Crippen molar-refractivity contribution in [2.75, 3.05) is 60.1 Å². The van der Waals surface area contributed by atoms with Crippen LogP contribution in [-0.2, 0) is 19.6 Å². The molecule has 0 atom stereocenters. The Kier molecular flexibility index (Phi) is 8.23. The van der Waals surface area contributed by atoms with E-state index in [2.05, 4.69) is 10.2 Å². The molecule has 1 aliphatic rings. The zero-order chi connectivity index (χ0) is 20.7. The average molecular weight is 414 g/mol. The fourth-order valence-electron chi connectivity index (χ4n) is 2.94. The van der Waals surface area contributed by atoms with Crippen LogP contribution < -0.4 is 10.1 Å². The van der Waals surface area contributed by atoms with Gasteiger partial charge in [0.15, 0.2) is 0 Å². The van der Waals surface area contributed by atoms with Crippen LogP contribution in [0.1, 0.15) is 25.3 Å². The number of sulfonamides is 1. The second-order valence-corrected chi connectivity index (χ2v) is 9.14. The van der Waals surface area contributed by atoms with Gasteiger partial charge in [0.2, 0.25) is 15.9 Å². The quantitative estimate of drug-likeness (QED) is 0.647. The van der Waals surface area contributed by atoms with E-state index in [1.165, 1.54) is 14.2 Å². The van der Waals surface area contributed by atoms with Crippen molar-refractivity contribution in [2.24, 2.45) is 0 Å². The molecule has 8 nitrogen and oxygen atoms in total. The van der Waals surface area contributed by atoms with E-state index in [0.29, 0.717) is 19.8 Å². The van der Waals surface area contributed by atoms with Crippen molar-refractivity contribution < 1.29 is 22.7 Å². The van der Waals surface area contributed by atoms with Crippen LogP contribution in [0.2, 0.25) is 0 Å². The van der Waals surface area contributed by atoms with Crippen LogP contribution in [-0.4, -0.2) is 83.6 Å². The van der Waals surface area contributed by atoms with E-state index in [4.69, 9.17) is 9.47 Å². The van der Waals surface area contributed by atoms with Gasteiger partial charge in [-0.15, -0.1) is 0 Å². The summed E-state index contributed by atoms with van der Waals surface area (Å²) in [7, 11) is -1.02. The Balaban J connectivity index is 1.98. The molecule has 1 aliphatic heterocycles. The van der Waals surface area contributed by atoms with Crippen molar-refractivity contribution >= 4 is 15.9 Å². The Morgan fingerprint density at radius 1 is 1.32 bits per heavy atom. The minimum Gasteiger partial charge on any atom is -0.495 e. The minimum absolute atomic E-state index is 0.0739. The molecule has 158 valence electrons. The number of morpholine rings is 1. The number of amides is 1. The normalized spacial score (nSPS) is 15.8. The highest BCUT2D eigenvalue weighted by molar-refractivity contribution is 7.89. The van der Waals surface area contributed by atoms with Gasteiger partial charge in [-0.05, 0) is 23.6 Å². The molecule has 0 saturated carbocycles. The van der Waals surface area contributed by atoms with Crippen LogP contribution in [0, 0.1) is 0 Å². The van der Waals surface area contributed by atoms with Crippen molar-refractivity contribution in [1.82, 2.24) is 14.5 Å². The third kappa shape index (κ3) is 5.91. The number of rotatable bonds is 9. The molecule has 1 aromatic rings. The summed E-state index contributed by atoms with van der Waals surface area (Å²) in [5.74, 6) is 0.107. The first-order valence-corrected chi connectivity index (χ1v) is 10.9. The van der Waals surface area contributed by atoms with Gasteiger partial charge in [0.1, 0.15) is 10.6 Å². The maximum Gasteiger partial charge on any atom is 0.246 e. The topological polar surface area (TPSA) is 88.2 Å². The number of hydrogen-bond donors (Lipinski definition) is 1. The molecular formula is C19H31N3O5S. The van der Waals surface area contributed by atoms with Gasteiger partial charge in [-0.25, -0.2) is 8.42 Å². The molecule has 9 heteroatoms. The first-order valence-electron chi connectivity index (χ1n) is 9.46. The number of carbonyl (C=O) groups excluding carboxylic acids is 1. The van der Waals surface area contributed by atoms with E-state index >= 15 is 0 Å². The molecule has 1 amide bonds. The molecule has 0 radical (unpaired) electrons. The molecule has 1 heterocycles. The maximum atomic E-state index is 13.0. The highest BCUT2D eigenvalue weighted by Crippen LogP contribution is 2.29. The van der Waals surface area contributed by atoms with E-state index in [0.717, 1.165) is 29.5 Å². The average Bonchev–Trinajstić information content (AvgIpc) is 2.68. The van der Waals surface area contributed by atoms with E-state index < -0.39 is 10.0 Å². The molecule has 1 fully saturated rings. The minimum atomic E-state index is -3.86. The van der Waals surface area contributed by atoms with Gasteiger partial charge in [0.05, 0.1) is 26.9 Å². The highest BCUT2D eigenvalue weighted by Gasteiger charge is 2.27. The molecule has 1 N–H and O–H groups in total. The first-order chi connectivity index (χ1) is 13.3. The number of likely N-dealkylation sites (N-methyl/N-ethyl adjacent to an activating group) is 1. The molecule has 0 bridgehead atoms. The Morgan fingerprint density at radius 2 is 2.00 bits per heavy atom. The standard InChI is InChI=1S/C19H31N3O5S/c1-15(2)16-5-6-17(26-4)18(13-16)28(24,25)21(3)14-19(23)20-7-8-22-9-11-27-12-10-22/h5-6,13,15H,7-12,14H2,1-4H3,(H,20,23). The molecule has 1 saturated heterocycles. The fourth-order valence-corrected chi connectivity index (χ4v) is 4.26. The molecule has 0 spiro atoms. The molecule has 2 rings (SSSR count). The molecule has 28 heavy (non-hydrogen) atoms. The third-order valence-corrected chi connectivity index (χ3v) is 6.59. The van der Waals surface area contributed by atoms with Crippen LogP contribution in [0.5, 0.6) is 5.75 Å². The number of carbonyl (C=O) groups is 1. The summed E-state index contributed by atoms with van der Waals surface area (Å²) < 4.78 is 37.5. The Morgan fingerprint density at radius 3 is 2.61 bits per heavy atom. The lowest BCUT2D eigenvalue weighted by Gasteiger charge is -2.26. The number of ether oxygens (including phenoxy) is 2. The number of benzene rings is 1. The first kappa shape index (κ1) is 22.6. The van der Waals surface area contributed by atoms with Crippen LogP contribution in [0.4, 0.5) is 0 Å². The van der Waals surface area contributed by atoms with Crippen molar-refractivity contribution in [3.63, 3.8) is 0 Å².